The lowest BCUT2D eigenvalue weighted by molar-refractivity contribution is -0.274. The van der Waals surface area contributed by atoms with Crippen LogP contribution < -0.4 is 4.74 Å². The summed E-state index contributed by atoms with van der Waals surface area (Å²) in [4.78, 5) is 25.3. The van der Waals surface area contributed by atoms with Crippen LogP contribution in [0, 0.1) is 0 Å². The van der Waals surface area contributed by atoms with Gasteiger partial charge in [0.25, 0.3) is 11.8 Å². The van der Waals surface area contributed by atoms with E-state index in [4.69, 9.17) is 0 Å². The van der Waals surface area contributed by atoms with Crippen LogP contribution >= 0.6 is 0 Å². The van der Waals surface area contributed by atoms with Gasteiger partial charge in [0, 0.05) is 6.20 Å². The van der Waals surface area contributed by atoms with E-state index in [0.29, 0.717) is 16.7 Å². The summed E-state index contributed by atoms with van der Waals surface area (Å²) in [6.45, 7) is 0. The molecule has 0 atom stereocenters. The van der Waals surface area contributed by atoms with E-state index in [0.717, 1.165) is 17.0 Å². The Morgan fingerprint density at radius 3 is 1.92 bits per heavy atom. The number of rotatable bonds is 3. The zero-order chi connectivity index (χ0) is 17.3. The molecule has 0 unspecified atom stereocenters. The van der Waals surface area contributed by atoms with Crippen LogP contribution in [0.4, 0.5) is 13.2 Å². The molecule has 122 valence electrons. The molecule has 1 aliphatic rings. The van der Waals surface area contributed by atoms with Gasteiger partial charge in [0.05, 0.1) is 11.1 Å². The van der Waals surface area contributed by atoms with Gasteiger partial charge in [0.1, 0.15) is 5.75 Å². The fourth-order valence-corrected chi connectivity index (χ4v) is 2.28. The molecular weight excluding hydrogens is 323 g/mol. The van der Waals surface area contributed by atoms with Crippen molar-refractivity contribution in [3.8, 4) is 5.75 Å². The van der Waals surface area contributed by atoms with Crippen molar-refractivity contribution in [2.45, 2.75) is 6.36 Å². The van der Waals surface area contributed by atoms with Crippen LogP contribution in [0.15, 0.2) is 54.7 Å². The Kier molecular flexibility index (Phi) is 3.84. The summed E-state index contributed by atoms with van der Waals surface area (Å²) < 4.78 is 40.0. The average molecular weight is 333 g/mol. The molecule has 0 radical (unpaired) electrons. The molecule has 0 saturated heterocycles. The SMILES string of the molecule is O=C1c2ccccc2C(=O)N1C=Cc1ccc(OC(F)(F)F)cc1. The Morgan fingerprint density at radius 2 is 1.42 bits per heavy atom. The van der Waals surface area contributed by atoms with E-state index in [9.17, 15) is 22.8 Å². The smallest absolute Gasteiger partial charge is 0.406 e. The molecule has 2 aromatic carbocycles. The lowest BCUT2D eigenvalue weighted by Crippen LogP contribution is -2.23. The normalized spacial score (nSPS) is 14.4. The summed E-state index contributed by atoms with van der Waals surface area (Å²) >= 11 is 0. The number of alkyl halides is 3. The standard InChI is InChI=1S/C17H10F3NO3/c18-17(19,20)24-12-7-5-11(6-8-12)9-10-21-15(22)13-3-1-2-4-14(13)16(21)23/h1-10H. The summed E-state index contributed by atoms with van der Waals surface area (Å²) in [6, 6.07) is 11.5. The minimum absolute atomic E-state index is 0.320. The molecule has 2 aromatic rings. The zero-order valence-electron chi connectivity index (χ0n) is 12.1. The van der Waals surface area contributed by atoms with Crippen LogP contribution in [0.3, 0.4) is 0 Å². The highest BCUT2D eigenvalue weighted by Gasteiger charge is 2.33. The van der Waals surface area contributed by atoms with Gasteiger partial charge in [-0.15, -0.1) is 13.2 Å². The second-order valence-corrected chi connectivity index (χ2v) is 4.96. The maximum absolute atomic E-state index is 12.1. The van der Waals surface area contributed by atoms with Crippen molar-refractivity contribution in [3.63, 3.8) is 0 Å². The molecule has 0 N–H and O–H groups in total. The number of hydrogen-bond acceptors (Lipinski definition) is 3. The monoisotopic (exact) mass is 333 g/mol. The van der Waals surface area contributed by atoms with Gasteiger partial charge in [-0.1, -0.05) is 24.3 Å². The minimum atomic E-state index is -4.75. The molecule has 0 bridgehead atoms. The van der Waals surface area contributed by atoms with Crippen molar-refractivity contribution in [2.24, 2.45) is 0 Å². The summed E-state index contributed by atoms with van der Waals surface area (Å²) in [5.41, 5.74) is 1.16. The molecule has 0 aromatic heterocycles. The van der Waals surface area contributed by atoms with Crippen molar-refractivity contribution in [2.75, 3.05) is 0 Å². The molecule has 24 heavy (non-hydrogen) atoms. The highest BCUT2D eigenvalue weighted by atomic mass is 19.4. The molecule has 1 aliphatic heterocycles. The first-order valence-corrected chi connectivity index (χ1v) is 6.86. The maximum Gasteiger partial charge on any atom is 0.573 e. The van der Waals surface area contributed by atoms with Gasteiger partial charge in [0.2, 0.25) is 0 Å². The van der Waals surface area contributed by atoms with Crippen LogP contribution in [0.2, 0.25) is 0 Å². The molecule has 7 heteroatoms. The summed E-state index contributed by atoms with van der Waals surface area (Å²) in [6.07, 6.45) is -2.00. The highest BCUT2D eigenvalue weighted by Crippen LogP contribution is 2.25. The van der Waals surface area contributed by atoms with Crippen LogP contribution in [0.5, 0.6) is 5.75 Å². The van der Waals surface area contributed by atoms with Crippen LogP contribution in [-0.4, -0.2) is 23.1 Å². The Morgan fingerprint density at radius 1 is 0.875 bits per heavy atom. The van der Waals surface area contributed by atoms with E-state index in [1.54, 1.807) is 24.3 Å². The van der Waals surface area contributed by atoms with Crippen molar-refractivity contribution in [1.29, 1.82) is 0 Å². The second kappa shape index (κ2) is 5.84. The van der Waals surface area contributed by atoms with Crippen molar-refractivity contribution < 1.29 is 27.5 Å². The molecule has 0 aliphatic carbocycles. The molecule has 3 rings (SSSR count). The zero-order valence-corrected chi connectivity index (χ0v) is 12.1. The van der Waals surface area contributed by atoms with E-state index >= 15 is 0 Å². The Balaban J connectivity index is 1.75. The highest BCUT2D eigenvalue weighted by molar-refractivity contribution is 6.22. The van der Waals surface area contributed by atoms with Crippen LogP contribution in [-0.2, 0) is 0 Å². The largest absolute Gasteiger partial charge is 0.573 e. The Bertz CT molecular complexity index is 791. The third-order valence-corrected chi connectivity index (χ3v) is 3.36. The van der Waals surface area contributed by atoms with Gasteiger partial charge in [-0.3, -0.25) is 9.59 Å². The molecule has 4 nitrogen and oxygen atoms in total. The quantitative estimate of drug-likeness (QED) is 0.802. The lowest BCUT2D eigenvalue weighted by Gasteiger charge is -2.09. The Hall–Kier alpha value is -3.09. The van der Waals surface area contributed by atoms with E-state index in [1.807, 2.05) is 0 Å². The number of hydrogen-bond donors (Lipinski definition) is 0. The van der Waals surface area contributed by atoms with Gasteiger partial charge >= 0.3 is 6.36 Å². The molecule has 2 amide bonds. The molecule has 0 fully saturated rings. The first-order chi connectivity index (χ1) is 11.3. The molecule has 1 heterocycles. The number of amides is 2. The number of carbonyl (C=O) groups is 2. The number of fused-ring (bicyclic) bond motifs is 1. The number of ether oxygens (including phenoxy) is 1. The van der Waals surface area contributed by atoms with Crippen molar-refractivity contribution in [1.82, 2.24) is 4.90 Å². The van der Waals surface area contributed by atoms with Crippen molar-refractivity contribution in [3.05, 3.63) is 71.4 Å². The number of halogens is 3. The predicted molar refractivity (Wildman–Crippen MR) is 79.1 cm³/mol. The number of nitrogens with zero attached hydrogens (tertiary/aromatic N) is 1. The van der Waals surface area contributed by atoms with E-state index in [1.165, 1.54) is 24.4 Å². The first kappa shape index (κ1) is 15.8. The van der Waals surface area contributed by atoms with Crippen molar-refractivity contribution >= 4 is 17.9 Å². The van der Waals surface area contributed by atoms with Gasteiger partial charge in [-0.2, -0.15) is 0 Å². The van der Waals surface area contributed by atoms with E-state index in [2.05, 4.69) is 4.74 Å². The third kappa shape index (κ3) is 3.15. The van der Waals surface area contributed by atoms with Gasteiger partial charge < -0.3 is 4.74 Å². The summed E-state index contributed by atoms with van der Waals surface area (Å²) in [5.74, 6) is -1.23. The van der Waals surface area contributed by atoms with Crippen LogP contribution in [0.1, 0.15) is 26.3 Å². The average Bonchev–Trinajstić information content (AvgIpc) is 2.77. The fraction of sp³-hybridized carbons (Fsp3) is 0.0588. The summed E-state index contributed by atoms with van der Waals surface area (Å²) in [7, 11) is 0. The topological polar surface area (TPSA) is 46.6 Å². The van der Waals surface area contributed by atoms with E-state index in [-0.39, 0.29) is 5.75 Å². The number of benzene rings is 2. The van der Waals surface area contributed by atoms with Gasteiger partial charge in [-0.25, -0.2) is 4.90 Å². The van der Waals surface area contributed by atoms with Gasteiger partial charge in [0.15, 0.2) is 0 Å². The summed E-state index contributed by atoms with van der Waals surface area (Å²) in [5, 5.41) is 0. The molecule has 0 spiro atoms. The molecular formula is C17H10F3NO3. The first-order valence-electron chi connectivity index (χ1n) is 6.86. The minimum Gasteiger partial charge on any atom is -0.406 e. The fourth-order valence-electron chi connectivity index (χ4n) is 2.28. The lowest BCUT2D eigenvalue weighted by atomic mass is 10.1. The third-order valence-electron chi connectivity index (χ3n) is 3.36. The van der Waals surface area contributed by atoms with Gasteiger partial charge in [-0.05, 0) is 35.9 Å². The maximum atomic E-state index is 12.1. The molecule has 0 saturated carbocycles. The van der Waals surface area contributed by atoms with Crippen LogP contribution in [0.25, 0.3) is 6.08 Å². The number of carbonyl (C=O) groups excluding carboxylic acids is 2. The van der Waals surface area contributed by atoms with E-state index < -0.39 is 18.2 Å². The Labute approximate surface area is 134 Å². The number of imide groups is 1. The second-order valence-electron chi connectivity index (χ2n) is 4.96. The predicted octanol–water partition coefficient (Wildman–Crippen LogP) is 3.85.